The van der Waals surface area contributed by atoms with Gasteiger partial charge in [0.15, 0.2) is 0 Å². The first kappa shape index (κ1) is 23.9. The van der Waals surface area contributed by atoms with Crippen LogP contribution >= 0.6 is 0 Å². The lowest BCUT2D eigenvalue weighted by atomic mass is 10.1. The van der Waals surface area contributed by atoms with E-state index in [0.717, 1.165) is 23.4 Å². The van der Waals surface area contributed by atoms with Crippen LogP contribution < -0.4 is 10.1 Å². The van der Waals surface area contributed by atoms with E-state index in [0.29, 0.717) is 19.6 Å². The number of para-hydroxylation sites is 1. The van der Waals surface area contributed by atoms with Crippen molar-refractivity contribution in [2.45, 2.75) is 13.1 Å². The van der Waals surface area contributed by atoms with Crippen molar-refractivity contribution in [1.82, 2.24) is 15.1 Å². The molecule has 2 N–H and O–H groups in total. The van der Waals surface area contributed by atoms with Crippen LogP contribution in [0.2, 0.25) is 0 Å². The molecule has 0 bridgehead atoms. The van der Waals surface area contributed by atoms with Crippen LogP contribution in [0.25, 0.3) is 0 Å². The summed E-state index contributed by atoms with van der Waals surface area (Å²) in [6, 6.07) is 13.7. The van der Waals surface area contributed by atoms with Crippen molar-refractivity contribution >= 4 is 12.5 Å². The lowest BCUT2D eigenvalue weighted by molar-refractivity contribution is -0.122. The molecule has 0 saturated heterocycles. The van der Waals surface area contributed by atoms with Crippen molar-refractivity contribution in [2.24, 2.45) is 0 Å². The second kappa shape index (κ2) is 13.1. The first-order chi connectivity index (χ1) is 13.9. The maximum absolute atomic E-state index is 13.5. The van der Waals surface area contributed by atoms with E-state index in [9.17, 15) is 9.18 Å². The molecule has 2 rings (SSSR count). The number of carbonyl (C=O) groups excluding carboxylic acids is 1. The average Bonchev–Trinajstić information content (AvgIpc) is 2.68. The minimum Gasteiger partial charge on any atom is -0.496 e. The summed E-state index contributed by atoms with van der Waals surface area (Å²) in [4.78, 5) is 24.7. The van der Waals surface area contributed by atoms with Gasteiger partial charge in [-0.1, -0.05) is 30.3 Å². The van der Waals surface area contributed by atoms with Crippen molar-refractivity contribution in [3.8, 4) is 5.75 Å². The van der Waals surface area contributed by atoms with Crippen molar-refractivity contribution in [1.29, 1.82) is 0 Å². The number of hydrogen-bond donors (Lipinski definition) is 2. The molecule has 2 aromatic carbocycles. The van der Waals surface area contributed by atoms with Gasteiger partial charge in [-0.15, -0.1) is 0 Å². The van der Waals surface area contributed by atoms with Crippen LogP contribution in [-0.2, 0) is 17.9 Å². The highest BCUT2D eigenvalue weighted by atomic mass is 19.1. The third-order valence-electron chi connectivity index (χ3n) is 3.94. The van der Waals surface area contributed by atoms with Crippen LogP contribution in [-0.4, -0.2) is 61.7 Å². The van der Waals surface area contributed by atoms with Crippen molar-refractivity contribution < 1.29 is 23.8 Å². The second-order valence-corrected chi connectivity index (χ2v) is 6.44. The number of carbonyl (C=O) groups is 2. The Morgan fingerprint density at radius 1 is 1.17 bits per heavy atom. The summed E-state index contributed by atoms with van der Waals surface area (Å²) < 4.78 is 18.9. The molecule has 2 aromatic rings. The number of amides is 2. The molecular formula is C21H28FN3O4. The van der Waals surface area contributed by atoms with Crippen molar-refractivity contribution in [3.63, 3.8) is 0 Å². The van der Waals surface area contributed by atoms with Crippen LogP contribution in [0.5, 0.6) is 5.75 Å². The van der Waals surface area contributed by atoms with Gasteiger partial charge >= 0.3 is 6.03 Å². The molecule has 0 unspecified atom stereocenters. The first-order valence-corrected chi connectivity index (χ1v) is 9.03. The molecule has 0 aliphatic carbocycles. The standard InChI is InChI=1S/C20H26FN3O2.CH2O2/c1-23(2)12-11-22-20(25)24(14-16-7-6-9-18(21)13-16)15-17-8-4-5-10-19(17)26-3;2-1-3/h4-10,13H,11-12,14-15H2,1-3H3,(H,22,25);1H,(H,2,3). The quantitative estimate of drug-likeness (QED) is 0.660. The third-order valence-corrected chi connectivity index (χ3v) is 3.94. The smallest absolute Gasteiger partial charge is 0.318 e. The molecule has 8 heteroatoms. The van der Waals surface area contributed by atoms with Gasteiger partial charge in [0.05, 0.1) is 13.7 Å². The highest BCUT2D eigenvalue weighted by molar-refractivity contribution is 5.74. The Labute approximate surface area is 170 Å². The summed E-state index contributed by atoms with van der Waals surface area (Å²) in [5.41, 5.74) is 1.64. The summed E-state index contributed by atoms with van der Waals surface area (Å²) in [6.07, 6.45) is 0. The largest absolute Gasteiger partial charge is 0.496 e. The number of rotatable bonds is 8. The number of likely N-dealkylation sites (N-methyl/N-ethyl adjacent to an activating group) is 1. The fourth-order valence-corrected chi connectivity index (χ4v) is 2.59. The van der Waals surface area contributed by atoms with Gasteiger partial charge in [0, 0.05) is 25.2 Å². The highest BCUT2D eigenvalue weighted by Gasteiger charge is 2.16. The molecule has 0 aromatic heterocycles. The molecule has 7 nitrogen and oxygen atoms in total. The van der Waals surface area contributed by atoms with E-state index in [1.54, 1.807) is 18.1 Å². The van der Waals surface area contributed by atoms with Gasteiger partial charge in [-0.2, -0.15) is 0 Å². The Hall–Kier alpha value is -3.13. The van der Waals surface area contributed by atoms with Crippen molar-refractivity contribution in [2.75, 3.05) is 34.3 Å². The highest BCUT2D eigenvalue weighted by Crippen LogP contribution is 2.20. The zero-order valence-electron chi connectivity index (χ0n) is 17.0. The number of nitrogens with zero attached hydrogens (tertiary/aromatic N) is 2. The first-order valence-electron chi connectivity index (χ1n) is 9.03. The second-order valence-electron chi connectivity index (χ2n) is 6.44. The molecule has 0 fully saturated rings. The average molecular weight is 405 g/mol. The maximum atomic E-state index is 13.5. The van der Waals surface area contributed by atoms with Gasteiger partial charge in [0.2, 0.25) is 0 Å². The predicted molar refractivity (Wildman–Crippen MR) is 109 cm³/mol. The van der Waals surface area contributed by atoms with E-state index < -0.39 is 0 Å². The Morgan fingerprint density at radius 2 is 1.86 bits per heavy atom. The molecule has 158 valence electrons. The number of methoxy groups -OCH3 is 1. The van der Waals surface area contributed by atoms with Crippen molar-refractivity contribution in [3.05, 3.63) is 65.5 Å². The normalized spacial score (nSPS) is 9.97. The summed E-state index contributed by atoms with van der Waals surface area (Å²) >= 11 is 0. The van der Waals surface area contributed by atoms with E-state index in [1.165, 1.54) is 12.1 Å². The molecule has 0 atom stereocenters. The Morgan fingerprint density at radius 3 is 2.48 bits per heavy atom. The van der Waals surface area contributed by atoms with Gasteiger partial charge < -0.3 is 25.0 Å². The minimum atomic E-state index is -0.312. The molecule has 0 heterocycles. The van der Waals surface area contributed by atoms with Crippen LogP contribution in [0, 0.1) is 5.82 Å². The summed E-state index contributed by atoms with van der Waals surface area (Å²) in [7, 11) is 5.50. The summed E-state index contributed by atoms with van der Waals surface area (Å²) in [5, 5.41) is 9.81. The number of carboxylic acid groups (broad SMARTS) is 1. The number of urea groups is 1. The summed E-state index contributed by atoms with van der Waals surface area (Å²) in [6.45, 7) is 1.71. The van der Waals surface area contributed by atoms with E-state index in [1.807, 2.05) is 49.3 Å². The van der Waals surface area contributed by atoms with Gasteiger partial charge in [-0.3, -0.25) is 4.79 Å². The van der Waals surface area contributed by atoms with Gasteiger partial charge in [-0.25, -0.2) is 9.18 Å². The molecular weight excluding hydrogens is 377 g/mol. The molecule has 0 saturated carbocycles. The summed E-state index contributed by atoms with van der Waals surface area (Å²) in [5.74, 6) is 0.408. The van der Waals surface area contributed by atoms with Crippen LogP contribution in [0.15, 0.2) is 48.5 Å². The number of halogens is 1. The molecule has 0 aliphatic heterocycles. The van der Waals surface area contributed by atoms with E-state index in [4.69, 9.17) is 14.6 Å². The van der Waals surface area contributed by atoms with Crippen LogP contribution in [0.4, 0.5) is 9.18 Å². The monoisotopic (exact) mass is 405 g/mol. The molecule has 0 aliphatic rings. The predicted octanol–water partition coefficient (Wildman–Crippen LogP) is 2.81. The molecule has 0 radical (unpaired) electrons. The number of nitrogens with one attached hydrogen (secondary N) is 1. The zero-order valence-corrected chi connectivity index (χ0v) is 17.0. The zero-order chi connectivity index (χ0) is 21.6. The van der Waals surface area contributed by atoms with Gasteiger partial charge in [-0.05, 0) is 37.9 Å². The fourth-order valence-electron chi connectivity index (χ4n) is 2.59. The number of benzene rings is 2. The van der Waals surface area contributed by atoms with Gasteiger partial charge in [0.25, 0.3) is 6.47 Å². The van der Waals surface area contributed by atoms with Gasteiger partial charge in [0.1, 0.15) is 11.6 Å². The molecule has 0 spiro atoms. The molecule has 29 heavy (non-hydrogen) atoms. The van der Waals surface area contributed by atoms with E-state index >= 15 is 0 Å². The number of ether oxygens (including phenoxy) is 1. The SMILES string of the molecule is COc1ccccc1CN(Cc1cccc(F)c1)C(=O)NCCN(C)C.O=CO. The topological polar surface area (TPSA) is 82.1 Å². The fraction of sp³-hybridized carbons (Fsp3) is 0.333. The Bertz CT molecular complexity index is 771. The third kappa shape index (κ3) is 9.07. The Balaban J connectivity index is 0.00000132. The molecule has 2 amide bonds. The lowest BCUT2D eigenvalue weighted by Crippen LogP contribution is -2.41. The Kier molecular flexibility index (Phi) is 10.8. The van der Waals surface area contributed by atoms with Crippen LogP contribution in [0.1, 0.15) is 11.1 Å². The van der Waals surface area contributed by atoms with E-state index in [-0.39, 0.29) is 18.3 Å². The minimum absolute atomic E-state index is 0.193. The van der Waals surface area contributed by atoms with Crippen LogP contribution in [0.3, 0.4) is 0 Å². The number of hydrogen-bond acceptors (Lipinski definition) is 4. The maximum Gasteiger partial charge on any atom is 0.318 e. The van der Waals surface area contributed by atoms with E-state index in [2.05, 4.69) is 5.32 Å². The lowest BCUT2D eigenvalue weighted by Gasteiger charge is -2.25.